The fourth-order valence-electron chi connectivity index (χ4n) is 2.27. The van der Waals surface area contributed by atoms with Crippen molar-refractivity contribution in [1.82, 2.24) is 16.0 Å². The number of aliphatic hydroxyl groups excluding tert-OH is 1. The van der Waals surface area contributed by atoms with Crippen molar-refractivity contribution in [3.05, 3.63) is 0 Å². The summed E-state index contributed by atoms with van der Waals surface area (Å²) in [6.07, 6.45) is -4.21. The highest BCUT2D eigenvalue weighted by Crippen LogP contribution is 2.02. The van der Waals surface area contributed by atoms with Gasteiger partial charge in [-0.25, -0.2) is 4.79 Å². The molecule has 0 radical (unpaired) electrons. The van der Waals surface area contributed by atoms with Gasteiger partial charge in [-0.2, -0.15) is 0 Å². The molecule has 0 spiro atoms. The van der Waals surface area contributed by atoms with Gasteiger partial charge in [-0.1, -0.05) is 0 Å². The van der Waals surface area contributed by atoms with Crippen LogP contribution in [0, 0.1) is 0 Å². The van der Waals surface area contributed by atoms with Crippen molar-refractivity contribution in [3.8, 4) is 0 Å². The summed E-state index contributed by atoms with van der Waals surface area (Å²) in [5, 5.41) is 42.0. The Hall–Kier alpha value is -3.79. The van der Waals surface area contributed by atoms with Crippen molar-refractivity contribution >= 4 is 41.5 Å². The minimum absolute atomic E-state index is 0.785. The second-order valence-electron chi connectivity index (χ2n) is 6.66. The third-order valence-corrected chi connectivity index (χ3v) is 3.83. The number of hydrogen-bond donors (Lipinski definition) is 9. The molecule has 16 heteroatoms. The Labute approximate surface area is 180 Å². The second-order valence-corrected chi connectivity index (χ2v) is 6.66. The Bertz CT molecular complexity index is 769. The number of aliphatic hydroxyl groups is 1. The number of rotatable bonds is 14. The highest BCUT2D eigenvalue weighted by atomic mass is 16.4. The van der Waals surface area contributed by atoms with Gasteiger partial charge in [-0.15, -0.1) is 0 Å². The number of carbonyl (C=O) groups is 7. The van der Waals surface area contributed by atoms with Crippen LogP contribution in [0.1, 0.15) is 26.2 Å². The summed E-state index contributed by atoms with van der Waals surface area (Å²) in [7, 11) is 0. The minimum Gasteiger partial charge on any atom is -0.481 e. The lowest BCUT2D eigenvalue weighted by Crippen LogP contribution is -2.60. The first-order valence-electron chi connectivity index (χ1n) is 8.95. The fourth-order valence-corrected chi connectivity index (χ4v) is 2.27. The van der Waals surface area contributed by atoms with Gasteiger partial charge in [0, 0.05) is 0 Å². The Morgan fingerprint density at radius 1 is 0.750 bits per heavy atom. The fraction of sp³-hybridized carbons (Fsp3) is 0.562. The largest absolute Gasteiger partial charge is 0.481 e. The van der Waals surface area contributed by atoms with Gasteiger partial charge >= 0.3 is 17.9 Å². The molecule has 0 aromatic heterocycles. The number of carboxylic acid groups (broad SMARTS) is 3. The van der Waals surface area contributed by atoms with Crippen LogP contribution in [0.5, 0.6) is 0 Å². The molecule has 0 aromatic carbocycles. The van der Waals surface area contributed by atoms with E-state index in [1.165, 1.54) is 0 Å². The van der Waals surface area contributed by atoms with Crippen LogP contribution in [0.3, 0.4) is 0 Å². The Kier molecular flexibility index (Phi) is 11.3. The molecule has 0 heterocycles. The highest BCUT2D eigenvalue weighted by molar-refractivity contribution is 5.97. The maximum absolute atomic E-state index is 12.5. The maximum atomic E-state index is 12.5. The third-order valence-electron chi connectivity index (χ3n) is 3.83. The first-order chi connectivity index (χ1) is 14.6. The van der Waals surface area contributed by atoms with Crippen LogP contribution >= 0.6 is 0 Å². The molecule has 0 aliphatic heterocycles. The number of hydrogen-bond acceptors (Lipinski definition) is 9. The van der Waals surface area contributed by atoms with Gasteiger partial charge in [0.25, 0.3) is 0 Å². The van der Waals surface area contributed by atoms with Crippen molar-refractivity contribution in [2.45, 2.75) is 56.5 Å². The lowest BCUT2D eigenvalue weighted by molar-refractivity contribution is -0.147. The Morgan fingerprint density at radius 2 is 1.25 bits per heavy atom. The summed E-state index contributed by atoms with van der Waals surface area (Å²) in [5.41, 5.74) is 10.4. The van der Waals surface area contributed by atoms with Gasteiger partial charge in [-0.3, -0.25) is 28.8 Å². The van der Waals surface area contributed by atoms with Crippen molar-refractivity contribution in [2.75, 3.05) is 0 Å². The van der Waals surface area contributed by atoms with Crippen molar-refractivity contribution in [3.63, 3.8) is 0 Å². The number of aliphatic carboxylic acids is 3. The number of nitrogens with two attached hydrogens (primary N) is 2. The zero-order valence-electron chi connectivity index (χ0n) is 16.8. The first-order valence-corrected chi connectivity index (χ1v) is 8.95. The van der Waals surface area contributed by atoms with Crippen molar-refractivity contribution < 1.29 is 54.0 Å². The molecule has 0 saturated heterocycles. The molecule has 0 aliphatic rings. The molecule has 16 nitrogen and oxygen atoms in total. The monoisotopic (exact) mass is 463 g/mol. The molecule has 0 aromatic rings. The van der Waals surface area contributed by atoms with Crippen LogP contribution in [0.4, 0.5) is 0 Å². The van der Waals surface area contributed by atoms with E-state index in [2.05, 4.69) is 0 Å². The molecular weight excluding hydrogens is 438 g/mol. The molecular formula is C16H25N5O11. The average molecular weight is 463 g/mol. The standard InChI is InChI=1S/C16H25N5O11/c1-5(22)12(21-13(28)6(17)2-10(24)25)15(30)19-7(3-9(18)23)14(29)20-8(16(31)32)4-11(26)27/h5-8,12,22H,2-4,17H2,1H3,(H2,18,23)(H,19,30)(H,20,29)(H,21,28)(H,24,25)(H,26,27)(H,31,32). The van der Waals surface area contributed by atoms with E-state index in [1.54, 1.807) is 0 Å². The average Bonchev–Trinajstić information content (AvgIpc) is 2.62. The molecule has 0 saturated carbocycles. The lowest BCUT2D eigenvalue weighted by atomic mass is 10.1. The molecule has 0 fully saturated rings. The molecule has 5 unspecified atom stereocenters. The predicted molar refractivity (Wildman–Crippen MR) is 101 cm³/mol. The molecule has 0 rings (SSSR count). The molecule has 0 aliphatic carbocycles. The molecule has 0 bridgehead atoms. The van der Waals surface area contributed by atoms with Crippen LogP contribution in [0.2, 0.25) is 0 Å². The lowest BCUT2D eigenvalue weighted by Gasteiger charge is -2.25. The number of nitrogens with one attached hydrogen (secondary N) is 3. The van der Waals surface area contributed by atoms with E-state index in [0.29, 0.717) is 0 Å². The van der Waals surface area contributed by atoms with Gasteiger partial charge in [0.15, 0.2) is 0 Å². The van der Waals surface area contributed by atoms with Crippen LogP contribution in [-0.2, 0) is 33.6 Å². The van der Waals surface area contributed by atoms with E-state index in [1.807, 2.05) is 16.0 Å². The number of primary amides is 1. The van der Waals surface area contributed by atoms with E-state index < -0.39 is 91.1 Å². The summed E-state index contributed by atoms with van der Waals surface area (Å²) < 4.78 is 0. The smallest absolute Gasteiger partial charge is 0.326 e. The first kappa shape index (κ1) is 28.2. The third kappa shape index (κ3) is 10.3. The Morgan fingerprint density at radius 3 is 1.66 bits per heavy atom. The summed E-state index contributed by atoms with van der Waals surface area (Å²) in [6.45, 7) is 1.07. The van der Waals surface area contributed by atoms with Gasteiger partial charge in [0.05, 0.1) is 31.4 Å². The molecule has 11 N–H and O–H groups in total. The topological polar surface area (TPSA) is 289 Å². The second kappa shape index (κ2) is 12.8. The van der Waals surface area contributed by atoms with E-state index in [9.17, 15) is 38.7 Å². The zero-order valence-corrected chi connectivity index (χ0v) is 16.8. The predicted octanol–water partition coefficient (Wildman–Crippen LogP) is -4.94. The van der Waals surface area contributed by atoms with Crippen LogP contribution in [0.25, 0.3) is 0 Å². The van der Waals surface area contributed by atoms with Crippen LogP contribution < -0.4 is 27.4 Å². The summed E-state index contributed by atoms with van der Waals surface area (Å²) in [4.78, 5) is 80.5. The van der Waals surface area contributed by atoms with Gasteiger partial charge < -0.3 is 47.8 Å². The summed E-state index contributed by atoms with van der Waals surface area (Å²) >= 11 is 0. The highest BCUT2D eigenvalue weighted by Gasteiger charge is 2.33. The van der Waals surface area contributed by atoms with Crippen molar-refractivity contribution in [1.29, 1.82) is 0 Å². The summed E-state index contributed by atoms with van der Waals surface area (Å²) in [5.74, 6) is -9.37. The normalized spacial score (nSPS) is 15.2. The van der Waals surface area contributed by atoms with Gasteiger partial charge in [-0.05, 0) is 6.92 Å². The van der Waals surface area contributed by atoms with E-state index in [0.717, 1.165) is 6.92 Å². The van der Waals surface area contributed by atoms with Crippen LogP contribution in [0.15, 0.2) is 0 Å². The minimum atomic E-state index is -1.89. The number of carbonyl (C=O) groups excluding carboxylic acids is 4. The molecule has 4 amide bonds. The van der Waals surface area contributed by atoms with Crippen LogP contribution in [-0.4, -0.2) is 92.2 Å². The molecule has 5 atom stereocenters. The quantitative estimate of drug-likeness (QED) is 0.117. The maximum Gasteiger partial charge on any atom is 0.326 e. The molecule has 180 valence electrons. The number of amides is 4. The van der Waals surface area contributed by atoms with Gasteiger partial charge in [0.1, 0.15) is 18.1 Å². The van der Waals surface area contributed by atoms with E-state index >= 15 is 0 Å². The summed E-state index contributed by atoms with van der Waals surface area (Å²) in [6, 6.07) is -7.01. The van der Waals surface area contributed by atoms with Gasteiger partial charge in [0.2, 0.25) is 23.6 Å². The van der Waals surface area contributed by atoms with E-state index in [-0.39, 0.29) is 0 Å². The zero-order chi connectivity index (χ0) is 25.2. The molecule has 32 heavy (non-hydrogen) atoms. The van der Waals surface area contributed by atoms with Crippen molar-refractivity contribution in [2.24, 2.45) is 11.5 Å². The Balaban J connectivity index is 5.49. The SMILES string of the molecule is CC(O)C(NC(=O)C(N)CC(=O)O)C(=O)NC(CC(N)=O)C(=O)NC(CC(=O)O)C(=O)O. The van der Waals surface area contributed by atoms with E-state index in [4.69, 9.17) is 26.8 Å². The number of carboxylic acids is 3.